The van der Waals surface area contributed by atoms with Crippen LogP contribution in [-0.2, 0) is 6.54 Å². The first kappa shape index (κ1) is 17.0. The van der Waals surface area contributed by atoms with Gasteiger partial charge in [0.15, 0.2) is 12.8 Å². The normalized spacial score (nSPS) is 20.0. The maximum atomic E-state index is 12.3. The molecule has 3 nitrogen and oxygen atoms in total. The molecule has 25 heavy (non-hydrogen) atoms. The van der Waals surface area contributed by atoms with Gasteiger partial charge in [0.2, 0.25) is 0 Å². The van der Waals surface area contributed by atoms with E-state index in [1.807, 2.05) is 60.7 Å². The van der Waals surface area contributed by atoms with Gasteiger partial charge in [-0.2, -0.15) is 0 Å². The molecule has 2 aromatic carbocycles. The molecule has 1 N–H and O–H groups in total. The summed E-state index contributed by atoms with van der Waals surface area (Å²) in [4.78, 5) is 0. The zero-order chi connectivity index (χ0) is 17.5. The van der Waals surface area contributed by atoms with Crippen molar-refractivity contribution in [2.24, 2.45) is 0 Å². The standard InChI is InChI=1S/C22H21NO2/c24-22(14-7-2-8-15-22)16-13-20-11-5-6-12-21(20)18-23(25)17-19-9-3-1-4-10-19/h1,3-7,9-12,14,18,24H,2,8,15,17H2/b23-18-. The Morgan fingerprint density at radius 3 is 2.64 bits per heavy atom. The molecule has 0 amide bonds. The minimum atomic E-state index is -1.06. The summed E-state index contributed by atoms with van der Waals surface area (Å²) in [6, 6.07) is 17.1. The number of allylic oxidation sites excluding steroid dienone is 1. The fourth-order valence-electron chi connectivity index (χ4n) is 2.82. The van der Waals surface area contributed by atoms with E-state index < -0.39 is 5.60 Å². The fraction of sp³-hybridized carbons (Fsp3) is 0.227. The highest BCUT2D eigenvalue weighted by Gasteiger charge is 2.22. The van der Waals surface area contributed by atoms with Crippen LogP contribution in [0.2, 0.25) is 0 Å². The van der Waals surface area contributed by atoms with Crippen LogP contribution < -0.4 is 0 Å². The van der Waals surface area contributed by atoms with E-state index in [2.05, 4.69) is 11.8 Å². The van der Waals surface area contributed by atoms with E-state index in [1.165, 1.54) is 0 Å². The second kappa shape index (κ2) is 7.83. The molecule has 126 valence electrons. The van der Waals surface area contributed by atoms with Crippen molar-refractivity contribution in [3.63, 3.8) is 0 Å². The molecule has 0 aromatic heterocycles. The molecule has 0 saturated heterocycles. The summed E-state index contributed by atoms with van der Waals surface area (Å²) in [5.41, 5.74) is 1.39. The number of hydrogen-bond donors (Lipinski definition) is 1. The molecule has 0 bridgehead atoms. The third-order valence-electron chi connectivity index (χ3n) is 4.16. The van der Waals surface area contributed by atoms with Crippen LogP contribution in [0.3, 0.4) is 0 Å². The summed E-state index contributed by atoms with van der Waals surface area (Å²) in [5, 5.41) is 22.7. The van der Waals surface area contributed by atoms with Crippen molar-refractivity contribution < 1.29 is 9.85 Å². The molecule has 0 fully saturated rings. The van der Waals surface area contributed by atoms with Crippen LogP contribution in [0.5, 0.6) is 0 Å². The van der Waals surface area contributed by atoms with Crippen molar-refractivity contribution in [1.29, 1.82) is 0 Å². The Morgan fingerprint density at radius 1 is 1.12 bits per heavy atom. The van der Waals surface area contributed by atoms with E-state index in [0.717, 1.165) is 34.3 Å². The smallest absolute Gasteiger partial charge is 0.183 e. The van der Waals surface area contributed by atoms with Gasteiger partial charge in [0.25, 0.3) is 0 Å². The molecule has 0 saturated carbocycles. The average molecular weight is 331 g/mol. The van der Waals surface area contributed by atoms with Crippen LogP contribution in [0, 0.1) is 17.0 Å². The predicted molar refractivity (Wildman–Crippen MR) is 100 cm³/mol. The van der Waals surface area contributed by atoms with Crippen LogP contribution in [0.4, 0.5) is 0 Å². The molecule has 0 aliphatic heterocycles. The minimum absolute atomic E-state index is 0.287. The highest BCUT2D eigenvalue weighted by molar-refractivity contribution is 5.80. The summed E-state index contributed by atoms with van der Waals surface area (Å²) >= 11 is 0. The van der Waals surface area contributed by atoms with E-state index >= 15 is 0 Å². The monoisotopic (exact) mass is 331 g/mol. The molecule has 0 radical (unpaired) electrons. The number of benzene rings is 2. The topological polar surface area (TPSA) is 46.3 Å². The van der Waals surface area contributed by atoms with Crippen molar-refractivity contribution >= 4 is 6.21 Å². The van der Waals surface area contributed by atoms with Gasteiger partial charge in [0.1, 0.15) is 5.60 Å². The van der Waals surface area contributed by atoms with Crippen molar-refractivity contribution in [3.05, 3.63) is 88.6 Å². The summed E-state index contributed by atoms with van der Waals surface area (Å²) in [6.45, 7) is 0.287. The molecule has 1 aliphatic carbocycles. The Bertz CT molecular complexity index is 843. The second-order valence-electron chi connectivity index (χ2n) is 6.25. The van der Waals surface area contributed by atoms with E-state index in [0.29, 0.717) is 6.42 Å². The second-order valence-corrected chi connectivity index (χ2v) is 6.25. The van der Waals surface area contributed by atoms with E-state index in [1.54, 1.807) is 12.3 Å². The lowest BCUT2D eigenvalue weighted by Crippen LogP contribution is -2.25. The molecule has 0 spiro atoms. The van der Waals surface area contributed by atoms with Gasteiger partial charge in [-0.1, -0.05) is 60.4 Å². The molecule has 3 rings (SSSR count). The maximum Gasteiger partial charge on any atom is 0.183 e. The predicted octanol–water partition coefficient (Wildman–Crippen LogP) is 3.64. The first-order valence-corrected chi connectivity index (χ1v) is 8.49. The molecular weight excluding hydrogens is 310 g/mol. The van der Waals surface area contributed by atoms with Gasteiger partial charge in [-0.15, -0.1) is 0 Å². The lowest BCUT2D eigenvalue weighted by Gasteiger charge is -2.20. The molecule has 1 aliphatic rings. The van der Waals surface area contributed by atoms with Gasteiger partial charge in [-0.3, -0.25) is 0 Å². The Morgan fingerprint density at radius 2 is 1.88 bits per heavy atom. The molecule has 0 heterocycles. The zero-order valence-electron chi connectivity index (χ0n) is 14.1. The molecule has 3 heteroatoms. The van der Waals surface area contributed by atoms with E-state index in [-0.39, 0.29) is 6.54 Å². The quantitative estimate of drug-likeness (QED) is 0.233. The number of aliphatic hydroxyl groups is 1. The van der Waals surface area contributed by atoms with Gasteiger partial charge in [-0.05, 0) is 37.5 Å². The highest BCUT2D eigenvalue weighted by atomic mass is 16.5. The van der Waals surface area contributed by atoms with Crippen LogP contribution in [0.1, 0.15) is 36.0 Å². The van der Waals surface area contributed by atoms with Gasteiger partial charge in [0, 0.05) is 11.1 Å². The average Bonchev–Trinajstić information content (AvgIpc) is 2.62. The first-order chi connectivity index (χ1) is 12.1. The number of hydroxylamine groups is 1. The Labute approximate surface area is 148 Å². The number of hydrogen-bond acceptors (Lipinski definition) is 2. The van der Waals surface area contributed by atoms with Crippen LogP contribution in [0.15, 0.2) is 66.7 Å². The van der Waals surface area contributed by atoms with Crippen LogP contribution in [0.25, 0.3) is 0 Å². The molecule has 1 atom stereocenters. The highest BCUT2D eigenvalue weighted by Crippen LogP contribution is 2.21. The summed E-state index contributed by atoms with van der Waals surface area (Å²) in [5.74, 6) is 6.00. The maximum absolute atomic E-state index is 12.3. The Balaban J connectivity index is 1.83. The van der Waals surface area contributed by atoms with Gasteiger partial charge in [-0.25, -0.2) is 4.74 Å². The van der Waals surface area contributed by atoms with Crippen LogP contribution in [-0.4, -0.2) is 21.7 Å². The molecule has 2 aromatic rings. The van der Waals surface area contributed by atoms with Crippen molar-refractivity contribution in [3.8, 4) is 11.8 Å². The summed E-state index contributed by atoms with van der Waals surface area (Å²) in [7, 11) is 0. The molecular formula is C22H21NO2. The fourth-order valence-corrected chi connectivity index (χ4v) is 2.82. The third-order valence-corrected chi connectivity index (χ3v) is 4.16. The SMILES string of the molecule is [O-]/[N+](=C\c1ccccc1C#CC1(O)C=CCCC1)Cc1ccccc1. The number of nitrogens with zero attached hydrogens (tertiary/aromatic N) is 1. The van der Waals surface area contributed by atoms with Crippen LogP contribution >= 0.6 is 0 Å². The van der Waals surface area contributed by atoms with Crippen molar-refractivity contribution in [1.82, 2.24) is 0 Å². The molecule has 1 unspecified atom stereocenters. The van der Waals surface area contributed by atoms with Gasteiger partial charge >= 0.3 is 0 Å². The van der Waals surface area contributed by atoms with E-state index in [9.17, 15) is 10.3 Å². The zero-order valence-corrected chi connectivity index (χ0v) is 14.1. The Hall–Kier alpha value is -2.83. The Kier molecular flexibility index (Phi) is 5.33. The summed E-state index contributed by atoms with van der Waals surface area (Å²) in [6.07, 6.45) is 7.85. The third kappa shape index (κ3) is 4.82. The lowest BCUT2D eigenvalue weighted by molar-refractivity contribution is -0.469. The van der Waals surface area contributed by atoms with Crippen molar-refractivity contribution in [2.75, 3.05) is 0 Å². The van der Waals surface area contributed by atoms with Crippen molar-refractivity contribution in [2.45, 2.75) is 31.4 Å². The van der Waals surface area contributed by atoms with E-state index in [4.69, 9.17) is 0 Å². The minimum Gasteiger partial charge on any atom is -0.624 e. The number of rotatable bonds is 3. The van der Waals surface area contributed by atoms with Gasteiger partial charge in [0.05, 0.1) is 5.56 Å². The first-order valence-electron chi connectivity index (χ1n) is 8.49. The largest absolute Gasteiger partial charge is 0.624 e. The lowest BCUT2D eigenvalue weighted by atomic mass is 9.91. The van der Waals surface area contributed by atoms with Gasteiger partial charge < -0.3 is 10.3 Å². The summed E-state index contributed by atoms with van der Waals surface area (Å²) < 4.78 is 0.908.